The summed E-state index contributed by atoms with van der Waals surface area (Å²) in [6.07, 6.45) is 1.05. The van der Waals surface area contributed by atoms with Gasteiger partial charge in [0.15, 0.2) is 0 Å². The third-order valence-electron chi connectivity index (χ3n) is 6.55. The number of carbonyl (C=O) groups is 1. The van der Waals surface area contributed by atoms with Crippen molar-refractivity contribution in [3.05, 3.63) is 109 Å². The smallest absolute Gasteiger partial charge is 0.411 e. The molecule has 1 saturated heterocycles. The first-order valence-electron chi connectivity index (χ1n) is 11.8. The van der Waals surface area contributed by atoms with Crippen LogP contribution in [0.3, 0.4) is 0 Å². The van der Waals surface area contributed by atoms with Crippen LogP contribution in [0.25, 0.3) is 0 Å². The monoisotopic (exact) mass is 471 g/mol. The quantitative estimate of drug-likeness (QED) is 0.337. The van der Waals surface area contributed by atoms with Crippen LogP contribution in [0, 0.1) is 0 Å². The highest BCUT2D eigenvalue weighted by molar-refractivity contribution is 6.99. The van der Waals surface area contributed by atoms with Crippen molar-refractivity contribution in [3.63, 3.8) is 0 Å². The van der Waals surface area contributed by atoms with Gasteiger partial charge in [-0.3, -0.25) is 4.90 Å². The molecule has 0 aromatic heterocycles. The highest BCUT2D eigenvalue weighted by Gasteiger charge is 2.51. The minimum Gasteiger partial charge on any atom is -0.441 e. The first-order valence-corrected chi connectivity index (χ1v) is 13.7. The Morgan fingerprint density at radius 1 is 0.912 bits per heavy atom. The molecular weight excluding hydrogens is 438 g/mol. The highest BCUT2D eigenvalue weighted by Crippen LogP contribution is 2.37. The average molecular weight is 472 g/mol. The lowest BCUT2D eigenvalue weighted by Crippen LogP contribution is -2.67. The van der Waals surface area contributed by atoms with Gasteiger partial charge in [-0.05, 0) is 21.0 Å². The SMILES string of the molecule is C=C[C@@H]1[C@@H](CO[Si](c2ccccc2)(c2ccccc2)C(C)(C)C)OC(=O)N1Cc1ccccc1. The predicted molar refractivity (Wildman–Crippen MR) is 140 cm³/mol. The summed E-state index contributed by atoms with van der Waals surface area (Å²) in [6.45, 7) is 11.5. The molecule has 0 radical (unpaired) electrons. The summed E-state index contributed by atoms with van der Waals surface area (Å²) in [5.74, 6) is 0. The van der Waals surface area contributed by atoms with E-state index < -0.39 is 14.4 Å². The van der Waals surface area contributed by atoms with Gasteiger partial charge in [0.05, 0.1) is 12.6 Å². The molecule has 3 aromatic carbocycles. The number of nitrogens with zero attached hydrogens (tertiary/aromatic N) is 1. The van der Waals surface area contributed by atoms with E-state index in [-0.39, 0.29) is 17.2 Å². The van der Waals surface area contributed by atoms with Crippen LogP contribution in [0.15, 0.2) is 104 Å². The van der Waals surface area contributed by atoms with Gasteiger partial charge in [-0.15, -0.1) is 6.58 Å². The number of hydrogen-bond donors (Lipinski definition) is 0. The van der Waals surface area contributed by atoms with Gasteiger partial charge >= 0.3 is 6.09 Å². The first-order chi connectivity index (χ1) is 16.4. The second-order valence-corrected chi connectivity index (χ2v) is 14.0. The fraction of sp³-hybridized carbons (Fsp3) is 0.276. The van der Waals surface area contributed by atoms with Crippen LogP contribution in [0.2, 0.25) is 5.04 Å². The minimum absolute atomic E-state index is 0.147. The van der Waals surface area contributed by atoms with Crippen LogP contribution < -0.4 is 10.4 Å². The lowest BCUT2D eigenvalue weighted by Gasteiger charge is -2.43. The van der Waals surface area contributed by atoms with Crippen molar-refractivity contribution in [3.8, 4) is 0 Å². The van der Waals surface area contributed by atoms with Gasteiger partial charge < -0.3 is 9.16 Å². The van der Waals surface area contributed by atoms with Crippen LogP contribution in [0.1, 0.15) is 26.3 Å². The zero-order valence-corrected chi connectivity index (χ0v) is 21.2. The Morgan fingerprint density at radius 2 is 1.41 bits per heavy atom. The summed E-state index contributed by atoms with van der Waals surface area (Å²) in [4.78, 5) is 14.6. The molecule has 5 heteroatoms. The van der Waals surface area contributed by atoms with Crippen LogP contribution in [-0.4, -0.2) is 38.1 Å². The average Bonchev–Trinajstić information content (AvgIpc) is 3.14. The minimum atomic E-state index is -2.72. The molecule has 1 heterocycles. The van der Waals surface area contributed by atoms with E-state index >= 15 is 0 Å². The summed E-state index contributed by atoms with van der Waals surface area (Å²) in [5.41, 5.74) is 1.06. The second-order valence-electron chi connectivity index (χ2n) is 9.74. The maximum absolute atomic E-state index is 12.8. The van der Waals surface area contributed by atoms with Gasteiger partial charge in [0.1, 0.15) is 6.10 Å². The van der Waals surface area contributed by atoms with E-state index in [1.54, 1.807) is 11.0 Å². The fourth-order valence-electron chi connectivity index (χ4n) is 4.92. The molecule has 1 fully saturated rings. The summed E-state index contributed by atoms with van der Waals surface area (Å²) in [5, 5.41) is 2.26. The second kappa shape index (κ2) is 10.00. The van der Waals surface area contributed by atoms with E-state index in [1.165, 1.54) is 10.4 Å². The standard InChI is InChI=1S/C29H33NO3Si/c1-5-26-27(33-28(31)30(26)21-23-15-9-6-10-16-23)22-32-34(29(2,3)4,24-17-11-7-12-18-24)25-19-13-8-14-20-25/h5-20,26-27H,1,21-22H2,2-4H3/t26-,27-/m1/s1. The Labute approximate surface area is 204 Å². The Morgan fingerprint density at radius 3 is 1.88 bits per heavy atom. The highest BCUT2D eigenvalue weighted by atomic mass is 28.4. The first kappa shape index (κ1) is 24.0. The molecule has 0 spiro atoms. The van der Waals surface area contributed by atoms with E-state index in [4.69, 9.17) is 9.16 Å². The fourth-order valence-corrected chi connectivity index (χ4v) is 9.49. The van der Waals surface area contributed by atoms with E-state index in [2.05, 4.69) is 75.9 Å². The summed E-state index contributed by atoms with van der Waals surface area (Å²) in [7, 11) is -2.72. The van der Waals surface area contributed by atoms with Crippen molar-refractivity contribution >= 4 is 24.8 Å². The molecule has 4 rings (SSSR count). The Hall–Kier alpha value is -3.15. The molecule has 34 heavy (non-hydrogen) atoms. The Kier molecular flexibility index (Phi) is 7.05. The molecule has 0 N–H and O–H groups in total. The molecule has 0 bridgehead atoms. The van der Waals surface area contributed by atoms with Crippen LogP contribution in [0.4, 0.5) is 4.79 Å². The third kappa shape index (κ3) is 4.59. The molecule has 2 atom stereocenters. The van der Waals surface area contributed by atoms with Gasteiger partial charge in [-0.25, -0.2) is 4.79 Å². The molecule has 0 saturated carbocycles. The summed E-state index contributed by atoms with van der Waals surface area (Å²) < 4.78 is 12.9. The van der Waals surface area contributed by atoms with E-state index in [1.807, 2.05) is 42.5 Å². The van der Waals surface area contributed by atoms with E-state index in [0.717, 1.165) is 5.56 Å². The van der Waals surface area contributed by atoms with Crippen LogP contribution in [-0.2, 0) is 15.7 Å². The van der Waals surface area contributed by atoms with Crippen molar-refractivity contribution in [1.29, 1.82) is 0 Å². The number of ether oxygens (including phenoxy) is 1. The normalized spacial score (nSPS) is 18.6. The van der Waals surface area contributed by atoms with Crippen LogP contribution in [0.5, 0.6) is 0 Å². The van der Waals surface area contributed by atoms with Gasteiger partial charge in [-0.1, -0.05) is 118 Å². The van der Waals surface area contributed by atoms with Gasteiger partial charge in [0.2, 0.25) is 0 Å². The lowest BCUT2D eigenvalue weighted by molar-refractivity contribution is 0.0937. The van der Waals surface area contributed by atoms with Crippen molar-refractivity contribution in [2.45, 2.75) is 44.5 Å². The number of rotatable bonds is 8. The van der Waals surface area contributed by atoms with Crippen molar-refractivity contribution < 1.29 is 14.0 Å². The van der Waals surface area contributed by atoms with E-state index in [0.29, 0.717) is 13.2 Å². The van der Waals surface area contributed by atoms with Crippen LogP contribution >= 0.6 is 0 Å². The maximum Gasteiger partial charge on any atom is 0.411 e. The topological polar surface area (TPSA) is 38.8 Å². The van der Waals surface area contributed by atoms with E-state index in [9.17, 15) is 4.79 Å². The maximum atomic E-state index is 12.8. The molecule has 176 valence electrons. The molecule has 0 unspecified atom stereocenters. The summed E-state index contributed by atoms with van der Waals surface area (Å²) in [6, 6.07) is 30.7. The number of benzene rings is 3. The zero-order chi connectivity index (χ0) is 24.2. The third-order valence-corrected chi connectivity index (χ3v) is 11.6. The number of amides is 1. The Bertz CT molecular complexity index is 1060. The van der Waals surface area contributed by atoms with Crippen molar-refractivity contribution in [1.82, 2.24) is 4.90 Å². The lowest BCUT2D eigenvalue weighted by atomic mass is 10.1. The van der Waals surface area contributed by atoms with Crippen molar-refractivity contribution in [2.24, 2.45) is 0 Å². The molecule has 4 nitrogen and oxygen atoms in total. The van der Waals surface area contributed by atoms with Gasteiger partial charge in [0, 0.05) is 6.54 Å². The zero-order valence-electron chi connectivity index (χ0n) is 20.2. The van der Waals surface area contributed by atoms with Gasteiger partial charge in [0.25, 0.3) is 8.32 Å². The van der Waals surface area contributed by atoms with Gasteiger partial charge in [-0.2, -0.15) is 0 Å². The molecule has 0 aliphatic carbocycles. The molecule has 3 aromatic rings. The number of carbonyl (C=O) groups excluding carboxylic acids is 1. The number of hydrogen-bond acceptors (Lipinski definition) is 3. The predicted octanol–water partition coefficient (Wildman–Crippen LogP) is 5.14. The number of cyclic esters (lactones) is 1. The Balaban J connectivity index is 1.65. The molecule has 1 amide bonds. The molecular formula is C29H33NO3Si. The molecule has 1 aliphatic heterocycles. The largest absolute Gasteiger partial charge is 0.441 e. The molecule has 1 aliphatic rings. The summed E-state index contributed by atoms with van der Waals surface area (Å²) >= 11 is 0. The van der Waals surface area contributed by atoms with Crippen molar-refractivity contribution in [2.75, 3.05) is 6.61 Å².